The van der Waals surface area contributed by atoms with Crippen molar-refractivity contribution < 1.29 is 14.4 Å². The topological polar surface area (TPSA) is 101 Å². The Morgan fingerprint density at radius 2 is 2.10 bits per heavy atom. The molecule has 1 aromatic heterocycles. The Balaban J connectivity index is 2.43. The summed E-state index contributed by atoms with van der Waals surface area (Å²) < 4.78 is 10.8. The number of nitro groups is 1. The predicted molar refractivity (Wildman–Crippen MR) is 76.6 cm³/mol. The summed E-state index contributed by atoms with van der Waals surface area (Å²) in [6.45, 7) is 1.80. The fraction of sp³-hybridized carbons (Fsp3) is 0.214. The standard InChI is InChI=1S/C14H15N3O4/c1-9(15)11-4-3-7-16-14(11)21-13-8-10(17(18)19)5-6-12(13)20-2/h3-9H,15H2,1-2H3/t9-/m0/s1. The Hall–Kier alpha value is -2.67. The highest BCUT2D eigenvalue weighted by molar-refractivity contribution is 5.50. The molecule has 110 valence electrons. The lowest BCUT2D eigenvalue weighted by Gasteiger charge is -2.14. The minimum Gasteiger partial charge on any atom is -0.493 e. The number of methoxy groups -OCH3 is 1. The van der Waals surface area contributed by atoms with Crippen molar-refractivity contribution in [3.63, 3.8) is 0 Å². The molecule has 1 aromatic carbocycles. The van der Waals surface area contributed by atoms with Crippen LogP contribution in [-0.4, -0.2) is 17.0 Å². The van der Waals surface area contributed by atoms with Crippen molar-refractivity contribution in [2.24, 2.45) is 5.73 Å². The zero-order valence-corrected chi connectivity index (χ0v) is 11.6. The third-order valence-corrected chi connectivity index (χ3v) is 2.86. The Labute approximate surface area is 121 Å². The first-order chi connectivity index (χ1) is 10.0. The molecule has 2 N–H and O–H groups in total. The molecule has 2 aromatic rings. The van der Waals surface area contributed by atoms with Gasteiger partial charge in [0, 0.05) is 23.9 Å². The van der Waals surface area contributed by atoms with E-state index in [0.717, 1.165) is 0 Å². The molecule has 0 aliphatic rings. The molecule has 0 aliphatic carbocycles. The summed E-state index contributed by atoms with van der Waals surface area (Å²) in [7, 11) is 1.46. The molecule has 0 radical (unpaired) electrons. The minimum atomic E-state index is -0.503. The Morgan fingerprint density at radius 3 is 2.71 bits per heavy atom. The van der Waals surface area contributed by atoms with Crippen LogP contribution in [0.4, 0.5) is 5.69 Å². The molecule has 2 rings (SSSR count). The van der Waals surface area contributed by atoms with Gasteiger partial charge in [-0.3, -0.25) is 10.1 Å². The van der Waals surface area contributed by atoms with Gasteiger partial charge in [0.2, 0.25) is 5.88 Å². The molecule has 0 bridgehead atoms. The van der Waals surface area contributed by atoms with Crippen LogP contribution in [0.15, 0.2) is 36.5 Å². The molecule has 7 heteroatoms. The van der Waals surface area contributed by atoms with Crippen molar-refractivity contribution in [3.05, 3.63) is 52.2 Å². The van der Waals surface area contributed by atoms with E-state index in [9.17, 15) is 10.1 Å². The maximum Gasteiger partial charge on any atom is 0.273 e. The molecule has 0 saturated heterocycles. The zero-order chi connectivity index (χ0) is 15.4. The van der Waals surface area contributed by atoms with Crippen LogP contribution in [0.5, 0.6) is 17.4 Å². The smallest absolute Gasteiger partial charge is 0.273 e. The second kappa shape index (κ2) is 6.19. The highest BCUT2D eigenvalue weighted by atomic mass is 16.6. The van der Waals surface area contributed by atoms with Gasteiger partial charge in [-0.25, -0.2) is 4.98 Å². The lowest BCUT2D eigenvalue weighted by atomic mass is 10.1. The van der Waals surface area contributed by atoms with Gasteiger partial charge in [0.15, 0.2) is 11.5 Å². The molecular weight excluding hydrogens is 274 g/mol. The van der Waals surface area contributed by atoms with Crippen molar-refractivity contribution in [2.45, 2.75) is 13.0 Å². The number of hydrogen-bond donors (Lipinski definition) is 1. The molecule has 0 spiro atoms. The fourth-order valence-corrected chi connectivity index (χ4v) is 1.80. The van der Waals surface area contributed by atoms with E-state index in [1.807, 2.05) is 0 Å². The van der Waals surface area contributed by atoms with Crippen LogP contribution in [0.2, 0.25) is 0 Å². The van der Waals surface area contributed by atoms with Gasteiger partial charge < -0.3 is 15.2 Å². The molecule has 0 unspecified atom stereocenters. The second-order valence-corrected chi connectivity index (χ2v) is 4.38. The molecular formula is C14H15N3O4. The van der Waals surface area contributed by atoms with Crippen molar-refractivity contribution in [2.75, 3.05) is 7.11 Å². The number of nitrogens with zero attached hydrogens (tertiary/aromatic N) is 2. The highest BCUT2D eigenvalue weighted by Crippen LogP contribution is 2.35. The first-order valence-corrected chi connectivity index (χ1v) is 6.23. The quantitative estimate of drug-likeness (QED) is 0.671. The number of hydrogen-bond acceptors (Lipinski definition) is 6. The van der Waals surface area contributed by atoms with Crippen LogP contribution in [-0.2, 0) is 0 Å². The predicted octanol–water partition coefficient (Wildman–Crippen LogP) is 2.81. The monoisotopic (exact) mass is 289 g/mol. The maximum absolute atomic E-state index is 10.9. The average Bonchev–Trinajstić information content (AvgIpc) is 2.47. The van der Waals surface area contributed by atoms with Gasteiger partial charge in [-0.1, -0.05) is 6.07 Å². The number of non-ortho nitro benzene ring substituents is 1. The van der Waals surface area contributed by atoms with E-state index in [2.05, 4.69) is 4.98 Å². The van der Waals surface area contributed by atoms with E-state index in [0.29, 0.717) is 17.2 Å². The summed E-state index contributed by atoms with van der Waals surface area (Å²) >= 11 is 0. The highest BCUT2D eigenvalue weighted by Gasteiger charge is 2.16. The summed E-state index contributed by atoms with van der Waals surface area (Å²) in [6, 6.07) is 7.36. The van der Waals surface area contributed by atoms with Crippen LogP contribution in [0, 0.1) is 10.1 Å². The summed E-state index contributed by atoms with van der Waals surface area (Å²) in [5.41, 5.74) is 6.46. The molecule has 7 nitrogen and oxygen atoms in total. The maximum atomic E-state index is 10.9. The molecule has 1 heterocycles. The number of aromatic nitrogens is 1. The van der Waals surface area contributed by atoms with E-state index in [-0.39, 0.29) is 17.5 Å². The summed E-state index contributed by atoms with van der Waals surface area (Å²) in [4.78, 5) is 14.5. The summed E-state index contributed by atoms with van der Waals surface area (Å²) in [6.07, 6.45) is 1.56. The van der Waals surface area contributed by atoms with Crippen molar-refractivity contribution in [3.8, 4) is 17.4 Å². The van der Waals surface area contributed by atoms with E-state index in [1.165, 1.54) is 25.3 Å². The first-order valence-electron chi connectivity index (χ1n) is 6.23. The summed E-state index contributed by atoms with van der Waals surface area (Å²) in [5, 5.41) is 10.9. The van der Waals surface area contributed by atoms with E-state index in [4.69, 9.17) is 15.2 Å². The largest absolute Gasteiger partial charge is 0.493 e. The van der Waals surface area contributed by atoms with E-state index < -0.39 is 4.92 Å². The number of ether oxygens (including phenoxy) is 2. The van der Waals surface area contributed by atoms with Crippen molar-refractivity contribution in [1.82, 2.24) is 4.98 Å². The molecule has 0 fully saturated rings. The summed E-state index contributed by atoms with van der Waals surface area (Å²) in [5.74, 6) is 0.889. The molecule has 0 saturated carbocycles. The van der Waals surface area contributed by atoms with Gasteiger partial charge in [-0.15, -0.1) is 0 Å². The van der Waals surface area contributed by atoms with Gasteiger partial charge in [0.25, 0.3) is 5.69 Å². The lowest BCUT2D eigenvalue weighted by molar-refractivity contribution is -0.384. The van der Waals surface area contributed by atoms with Gasteiger partial charge in [0.05, 0.1) is 18.1 Å². The first kappa shape index (κ1) is 14.7. The number of benzene rings is 1. The zero-order valence-electron chi connectivity index (χ0n) is 11.6. The van der Waals surface area contributed by atoms with Crippen LogP contribution in [0.25, 0.3) is 0 Å². The molecule has 21 heavy (non-hydrogen) atoms. The van der Waals surface area contributed by atoms with Crippen LogP contribution < -0.4 is 15.2 Å². The third-order valence-electron chi connectivity index (χ3n) is 2.86. The van der Waals surface area contributed by atoms with Crippen LogP contribution >= 0.6 is 0 Å². The van der Waals surface area contributed by atoms with Crippen molar-refractivity contribution in [1.29, 1.82) is 0 Å². The lowest BCUT2D eigenvalue weighted by Crippen LogP contribution is -2.07. The molecule has 0 aliphatic heterocycles. The van der Waals surface area contributed by atoms with Crippen LogP contribution in [0.3, 0.4) is 0 Å². The number of nitro benzene ring substituents is 1. The average molecular weight is 289 g/mol. The van der Waals surface area contributed by atoms with Gasteiger partial charge in [-0.05, 0) is 19.1 Å². The second-order valence-electron chi connectivity index (χ2n) is 4.38. The number of nitrogens with two attached hydrogens (primary N) is 1. The van der Waals surface area contributed by atoms with Gasteiger partial charge in [-0.2, -0.15) is 0 Å². The molecule has 0 amide bonds. The normalized spacial score (nSPS) is 11.8. The molecule has 1 atom stereocenters. The SMILES string of the molecule is COc1ccc([N+](=O)[O-])cc1Oc1ncccc1[C@H](C)N. The van der Waals surface area contributed by atoms with Crippen molar-refractivity contribution >= 4 is 5.69 Å². The van der Waals surface area contributed by atoms with Crippen LogP contribution in [0.1, 0.15) is 18.5 Å². The Morgan fingerprint density at radius 1 is 1.33 bits per heavy atom. The third kappa shape index (κ3) is 3.26. The minimum absolute atomic E-state index is 0.0934. The van der Waals surface area contributed by atoms with E-state index in [1.54, 1.807) is 25.3 Å². The number of pyridine rings is 1. The Kier molecular flexibility index (Phi) is 4.34. The Bertz CT molecular complexity index is 658. The van der Waals surface area contributed by atoms with E-state index >= 15 is 0 Å². The van der Waals surface area contributed by atoms with Gasteiger partial charge in [0.1, 0.15) is 0 Å². The van der Waals surface area contributed by atoms with Gasteiger partial charge >= 0.3 is 0 Å². The fourth-order valence-electron chi connectivity index (χ4n) is 1.80. The number of rotatable bonds is 5.